The fourth-order valence-electron chi connectivity index (χ4n) is 2.84. The van der Waals surface area contributed by atoms with Crippen molar-refractivity contribution in [2.24, 2.45) is 5.92 Å². The Balaban J connectivity index is 1.92. The Morgan fingerprint density at radius 2 is 2.28 bits per heavy atom. The largest absolute Gasteiger partial charge is 0.493 e. The Morgan fingerprint density at radius 1 is 1.44 bits per heavy atom. The van der Waals surface area contributed by atoms with Gasteiger partial charge < -0.3 is 14.6 Å². The van der Waals surface area contributed by atoms with Crippen LogP contribution in [0.2, 0.25) is 0 Å². The van der Waals surface area contributed by atoms with Gasteiger partial charge in [0.25, 0.3) is 0 Å². The predicted octanol–water partition coefficient (Wildman–Crippen LogP) is 2.84. The summed E-state index contributed by atoms with van der Waals surface area (Å²) >= 11 is 3.51. The van der Waals surface area contributed by atoms with Crippen LogP contribution in [0.5, 0.6) is 5.75 Å². The second-order valence-corrected chi connectivity index (χ2v) is 6.08. The number of benzene rings is 1. The van der Waals surface area contributed by atoms with Crippen LogP contribution in [0.25, 0.3) is 0 Å². The third-order valence-electron chi connectivity index (χ3n) is 3.77. The lowest BCUT2D eigenvalue weighted by Crippen LogP contribution is -2.13. The molecule has 1 fully saturated rings. The standard InChI is InChI=1S/C14H17BrO3/c1-8-4-10(7-18-8)13(16)12-6-11(15)5-9-2-3-17-14(9)12/h5-6,8,10,13,16H,2-4,7H2,1H3. The minimum Gasteiger partial charge on any atom is -0.493 e. The molecule has 2 aliphatic heterocycles. The molecule has 0 aromatic heterocycles. The Kier molecular flexibility index (Phi) is 3.34. The van der Waals surface area contributed by atoms with E-state index in [2.05, 4.69) is 28.9 Å². The monoisotopic (exact) mass is 312 g/mol. The molecule has 4 heteroatoms. The Morgan fingerprint density at radius 3 is 3.00 bits per heavy atom. The quantitative estimate of drug-likeness (QED) is 0.912. The normalized spacial score (nSPS) is 27.9. The average Bonchev–Trinajstić information content (AvgIpc) is 2.95. The van der Waals surface area contributed by atoms with Crippen molar-refractivity contribution in [3.8, 4) is 5.75 Å². The molecule has 2 aliphatic rings. The lowest BCUT2D eigenvalue weighted by atomic mass is 9.92. The van der Waals surface area contributed by atoms with Crippen molar-refractivity contribution in [2.45, 2.75) is 32.0 Å². The van der Waals surface area contributed by atoms with E-state index in [-0.39, 0.29) is 12.0 Å². The van der Waals surface area contributed by atoms with E-state index < -0.39 is 6.10 Å². The topological polar surface area (TPSA) is 38.7 Å². The molecule has 0 spiro atoms. The molecule has 3 unspecified atom stereocenters. The van der Waals surface area contributed by atoms with Crippen LogP contribution in [-0.2, 0) is 11.2 Å². The van der Waals surface area contributed by atoms with E-state index in [1.54, 1.807) is 0 Å². The van der Waals surface area contributed by atoms with Crippen LogP contribution in [0.4, 0.5) is 0 Å². The van der Waals surface area contributed by atoms with Gasteiger partial charge in [0.2, 0.25) is 0 Å². The molecule has 1 aromatic rings. The molecular weight excluding hydrogens is 296 g/mol. The van der Waals surface area contributed by atoms with E-state index in [1.807, 2.05) is 6.07 Å². The SMILES string of the molecule is CC1CC(C(O)c2cc(Br)cc3c2OCC3)CO1. The predicted molar refractivity (Wildman–Crippen MR) is 71.8 cm³/mol. The van der Waals surface area contributed by atoms with Gasteiger partial charge in [-0.05, 0) is 31.0 Å². The summed E-state index contributed by atoms with van der Waals surface area (Å²) in [5, 5.41) is 10.5. The molecule has 3 atom stereocenters. The first-order valence-electron chi connectivity index (χ1n) is 6.40. The van der Waals surface area contributed by atoms with E-state index in [0.717, 1.165) is 28.6 Å². The summed E-state index contributed by atoms with van der Waals surface area (Å²) in [7, 11) is 0. The van der Waals surface area contributed by atoms with Crippen LogP contribution in [0.15, 0.2) is 16.6 Å². The maximum atomic E-state index is 10.5. The van der Waals surface area contributed by atoms with Crippen LogP contribution in [0.1, 0.15) is 30.6 Å². The number of rotatable bonds is 2. The van der Waals surface area contributed by atoms with Crippen LogP contribution < -0.4 is 4.74 Å². The number of fused-ring (bicyclic) bond motifs is 1. The fraction of sp³-hybridized carbons (Fsp3) is 0.571. The van der Waals surface area contributed by atoms with Crippen molar-refractivity contribution in [2.75, 3.05) is 13.2 Å². The Bertz CT molecular complexity index is 461. The first-order chi connectivity index (χ1) is 8.65. The van der Waals surface area contributed by atoms with E-state index >= 15 is 0 Å². The summed E-state index contributed by atoms with van der Waals surface area (Å²) in [6.45, 7) is 3.39. The lowest BCUT2D eigenvalue weighted by Gasteiger charge is -2.19. The van der Waals surface area contributed by atoms with E-state index in [0.29, 0.717) is 13.2 Å². The summed E-state index contributed by atoms with van der Waals surface area (Å²) in [6, 6.07) is 4.05. The smallest absolute Gasteiger partial charge is 0.128 e. The van der Waals surface area contributed by atoms with Crippen molar-refractivity contribution >= 4 is 15.9 Å². The van der Waals surface area contributed by atoms with Crippen LogP contribution in [0.3, 0.4) is 0 Å². The zero-order valence-corrected chi connectivity index (χ0v) is 11.9. The van der Waals surface area contributed by atoms with Gasteiger partial charge in [-0.1, -0.05) is 15.9 Å². The van der Waals surface area contributed by atoms with Gasteiger partial charge in [-0.25, -0.2) is 0 Å². The molecule has 1 saturated heterocycles. The molecule has 0 saturated carbocycles. The number of halogens is 1. The zero-order chi connectivity index (χ0) is 12.7. The second-order valence-electron chi connectivity index (χ2n) is 5.17. The maximum absolute atomic E-state index is 10.5. The van der Waals surface area contributed by atoms with Gasteiger partial charge in [-0.15, -0.1) is 0 Å². The van der Waals surface area contributed by atoms with Crippen LogP contribution in [0, 0.1) is 5.92 Å². The molecule has 0 aliphatic carbocycles. The molecule has 2 heterocycles. The van der Waals surface area contributed by atoms with Crippen molar-refractivity contribution in [3.05, 3.63) is 27.7 Å². The summed E-state index contributed by atoms with van der Waals surface area (Å²) < 4.78 is 12.2. The number of aliphatic hydroxyl groups excluding tert-OH is 1. The van der Waals surface area contributed by atoms with Crippen molar-refractivity contribution in [3.63, 3.8) is 0 Å². The molecule has 3 rings (SSSR count). The highest BCUT2D eigenvalue weighted by Gasteiger charge is 2.32. The van der Waals surface area contributed by atoms with E-state index in [1.165, 1.54) is 5.56 Å². The zero-order valence-electron chi connectivity index (χ0n) is 10.4. The average molecular weight is 313 g/mol. The Labute approximate surface area is 115 Å². The summed E-state index contributed by atoms with van der Waals surface area (Å²) in [6.07, 6.45) is 1.57. The van der Waals surface area contributed by atoms with E-state index in [4.69, 9.17) is 9.47 Å². The lowest BCUT2D eigenvalue weighted by molar-refractivity contribution is 0.0789. The number of hydrogen-bond acceptors (Lipinski definition) is 3. The molecule has 0 amide bonds. The van der Waals surface area contributed by atoms with Gasteiger partial charge in [0.15, 0.2) is 0 Å². The molecule has 0 bridgehead atoms. The van der Waals surface area contributed by atoms with Crippen molar-refractivity contribution in [1.82, 2.24) is 0 Å². The summed E-state index contributed by atoms with van der Waals surface area (Å²) in [5.41, 5.74) is 2.09. The van der Waals surface area contributed by atoms with Gasteiger partial charge in [0.05, 0.1) is 25.4 Å². The number of ether oxygens (including phenoxy) is 2. The van der Waals surface area contributed by atoms with E-state index in [9.17, 15) is 5.11 Å². The second kappa shape index (κ2) is 4.83. The van der Waals surface area contributed by atoms with Gasteiger partial charge >= 0.3 is 0 Å². The molecule has 1 N–H and O–H groups in total. The molecular formula is C14H17BrO3. The van der Waals surface area contributed by atoms with Gasteiger partial charge in [0, 0.05) is 22.4 Å². The minimum atomic E-state index is -0.501. The van der Waals surface area contributed by atoms with Gasteiger partial charge in [0.1, 0.15) is 5.75 Å². The molecule has 1 aromatic carbocycles. The first-order valence-corrected chi connectivity index (χ1v) is 7.19. The fourth-order valence-corrected chi connectivity index (χ4v) is 3.36. The van der Waals surface area contributed by atoms with Gasteiger partial charge in [-0.2, -0.15) is 0 Å². The minimum absolute atomic E-state index is 0.169. The molecule has 98 valence electrons. The van der Waals surface area contributed by atoms with Crippen molar-refractivity contribution in [1.29, 1.82) is 0 Å². The highest BCUT2D eigenvalue weighted by atomic mass is 79.9. The highest BCUT2D eigenvalue weighted by Crippen LogP contribution is 2.41. The number of aliphatic hydroxyl groups is 1. The summed E-state index contributed by atoms with van der Waals surface area (Å²) in [4.78, 5) is 0. The third-order valence-corrected chi connectivity index (χ3v) is 4.23. The first kappa shape index (κ1) is 12.5. The van der Waals surface area contributed by atoms with Gasteiger partial charge in [-0.3, -0.25) is 0 Å². The number of hydrogen-bond donors (Lipinski definition) is 1. The molecule has 3 nitrogen and oxygen atoms in total. The molecule has 0 radical (unpaired) electrons. The van der Waals surface area contributed by atoms with Crippen LogP contribution in [-0.4, -0.2) is 24.4 Å². The third kappa shape index (κ3) is 2.17. The summed E-state index contributed by atoms with van der Waals surface area (Å²) in [5.74, 6) is 1.05. The van der Waals surface area contributed by atoms with Crippen LogP contribution >= 0.6 is 15.9 Å². The Hall–Kier alpha value is -0.580. The maximum Gasteiger partial charge on any atom is 0.128 e. The van der Waals surface area contributed by atoms with Crippen molar-refractivity contribution < 1.29 is 14.6 Å². The highest BCUT2D eigenvalue weighted by molar-refractivity contribution is 9.10. The molecule has 18 heavy (non-hydrogen) atoms.